The zero-order valence-electron chi connectivity index (χ0n) is 19.2. The largest absolute Gasteiger partial charge is 0.418 e. The summed E-state index contributed by atoms with van der Waals surface area (Å²) in [6, 6.07) is 1.79. The summed E-state index contributed by atoms with van der Waals surface area (Å²) in [6.45, 7) is 6.45. The Morgan fingerprint density at radius 2 is 1.79 bits per heavy atom. The lowest BCUT2D eigenvalue weighted by Crippen LogP contribution is -2.15. The van der Waals surface area contributed by atoms with Crippen molar-refractivity contribution < 1.29 is 13.2 Å². The molecule has 1 aliphatic rings. The normalized spacial score (nSPS) is 14.5. The Balaban J connectivity index is 0.000000398. The van der Waals surface area contributed by atoms with E-state index in [-0.39, 0.29) is 23.1 Å². The van der Waals surface area contributed by atoms with Gasteiger partial charge in [-0.3, -0.25) is 9.20 Å². The van der Waals surface area contributed by atoms with Gasteiger partial charge in [0.05, 0.1) is 22.2 Å². The van der Waals surface area contributed by atoms with Crippen molar-refractivity contribution in [3.8, 4) is 0 Å². The average Bonchev–Trinajstić information content (AvgIpc) is 3.36. The Labute approximate surface area is 193 Å². The van der Waals surface area contributed by atoms with Gasteiger partial charge in [-0.05, 0) is 64.5 Å². The predicted octanol–water partition coefficient (Wildman–Crippen LogP) is 3.49. The summed E-state index contributed by atoms with van der Waals surface area (Å²) >= 11 is 0. The van der Waals surface area contributed by atoms with Crippen molar-refractivity contribution in [3.63, 3.8) is 0 Å². The van der Waals surface area contributed by atoms with E-state index in [2.05, 4.69) is 31.9 Å². The first-order valence-corrected chi connectivity index (χ1v) is 10.9. The third-order valence-corrected chi connectivity index (χ3v) is 5.84. The second-order valence-electron chi connectivity index (χ2n) is 8.60. The first-order valence-electron chi connectivity index (χ1n) is 10.9. The average molecular weight is 474 g/mol. The number of aromatic amines is 1. The number of alkyl halides is 3. The van der Waals surface area contributed by atoms with E-state index in [1.165, 1.54) is 25.9 Å². The standard InChI is InChI=1S/C18H15F3N6O.C5H11N/c1-8-6-27-7-10(24-17(27)23-9(8)2)3-15-25-14-5-13(22)12(18(19,20)21)4-11(14)16(28)26-15;1-6-4-2-3-5-6/h4-7H,3,22H2,1-2H3,(H,25,26,28);2-5H2,1H3. The summed E-state index contributed by atoms with van der Waals surface area (Å²) in [5.74, 6) is 0.786. The van der Waals surface area contributed by atoms with Crippen LogP contribution in [0.2, 0.25) is 0 Å². The van der Waals surface area contributed by atoms with E-state index in [1.54, 1.807) is 10.6 Å². The molecular formula is C23H26F3N7O. The molecule has 3 aromatic heterocycles. The quantitative estimate of drug-likeness (QED) is 0.432. The molecule has 4 aromatic rings. The zero-order valence-corrected chi connectivity index (χ0v) is 19.2. The highest BCUT2D eigenvalue weighted by Crippen LogP contribution is 2.35. The van der Waals surface area contributed by atoms with Crippen LogP contribution in [0.5, 0.6) is 0 Å². The molecular weight excluding hydrogens is 447 g/mol. The van der Waals surface area contributed by atoms with Crippen molar-refractivity contribution >= 4 is 22.4 Å². The molecule has 0 atom stereocenters. The van der Waals surface area contributed by atoms with Gasteiger partial charge in [-0.1, -0.05) is 0 Å². The molecule has 0 saturated carbocycles. The molecule has 180 valence electrons. The fourth-order valence-corrected chi connectivity index (χ4v) is 3.86. The Hall–Kier alpha value is -3.47. The number of nitrogens with two attached hydrogens (primary N) is 1. The van der Waals surface area contributed by atoms with Crippen LogP contribution >= 0.6 is 0 Å². The maximum Gasteiger partial charge on any atom is 0.418 e. The summed E-state index contributed by atoms with van der Waals surface area (Å²) in [6.07, 6.45) is 2.02. The van der Waals surface area contributed by atoms with Crippen LogP contribution in [0.1, 0.15) is 41.2 Å². The van der Waals surface area contributed by atoms with E-state index in [0.717, 1.165) is 23.4 Å². The minimum Gasteiger partial charge on any atom is -0.398 e. The third kappa shape index (κ3) is 5.04. The lowest BCUT2D eigenvalue weighted by atomic mass is 10.1. The number of imidazole rings is 1. The van der Waals surface area contributed by atoms with Crippen LogP contribution in [-0.2, 0) is 12.6 Å². The highest BCUT2D eigenvalue weighted by atomic mass is 19.4. The second-order valence-corrected chi connectivity index (χ2v) is 8.60. The molecule has 34 heavy (non-hydrogen) atoms. The SMILES string of the molecule is CN1CCCC1.Cc1cn2cc(Cc3nc4cc(N)c(C(F)(F)F)cc4c(=O)[nH]3)nc2nc1C. The number of nitrogens with one attached hydrogen (secondary N) is 1. The van der Waals surface area contributed by atoms with Crippen LogP contribution in [0.15, 0.2) is 29.3 Å². The van der Waals surface area contributed by atoms with Crippen LogP contribution in [0.3, 0.4) is 0 Å². The molecule has 1 aromatic carbocycles. The van der Waals surface area contributed by atoms with E-state index in [4.69, 9.17) is 5.73 Å². The molecule has 11 heteroatoms. The number of halogens is 3. The van der Waals surface area contributed by atoms with Gasteiger partial charge >= 0.3 is 6.18 Å². The van der Waals surface area contributed by atoms with Crippen LogP contribution < -0.4 is 11.3 Å². The number of anilines is 1. The van der Waals surface area contributed by atoms with Crippen molar-refractivity contribution in [1.82, 2.24) is 29.2 Å². The molecule has 0 unspecified atom stereocenters. The second kappa shape index (κ2) is 9.05. The smallest absolute Gasteiger partial charge is 0.398 e. The Bertz CT molecular complexity index is 1360. The summed E-state index contributed by atoms with van der Waals surface area (Å²) in [5, 5.41) is -0.173. The molecule has 1 saturated heterocycles. The van der Waals surface area contributed by atoms with Crippen molar-refractivity contribution in [2.45, 2.75) is 39.3 Å². The van der Waals surface area contributed by atoms with Gasteiger partial charge in [0.1, 0.15) is 5.82 Å². The molecule has 3 N–H and O–H groups in total. The van der Waals surface area contributed by atoms with Gasteiger partial charge in [-0.15, -0.1) is 0 Å². The van der Waals surface area contributed by atoms with Crippen molar-refractivity contribution in [2.75, 3.05) is 25.9 Å². The highest BCUT2D eigenvalue weighted by Gasteiger charge is 2.33. The Morgan fingerprint density at radius 1 is 1.09 bits per heavy atom. The molecule has 0 radical (unpaired) electrons. The minimum absolute atomic E-state index is 0.0952. The molecule has 5 rings (SSSR count). The monoisotopic (exact) mass is 473 g/mol. The van der Waals surface area contributed by atoms with Gasteiger partial charge in [0.2, 0.25) is 5.78 Å². The number of likely N-dealkylation sites (tertiary alicyclic amines) is 1. The van der Waals surface area contributed by atoms with E-state index in [9.17, 15) is 18.0 Å². The zero-order chi connectivity index (χ0) is 24.6. The van der Waals surface area contributed by atoms with Crippen molar-refractivity contribution in [3.05, 3.63) is 63.2 Å². The van der Waals surface area contributed by atoms with E-state index >= 15 is 0 Å². The minimum atomic E-state index is -4.65. The van der Waals surface area contributed by atoms with Gasteiger partial charge in [-0.25, -0.2) is 15.0 Å². The van der Waals surface area contributed by atoms with E-state index in [1.807, 2.05) is 20.0 Å². The summed E-state index contributed by atoms with van der Waals surface area (Å²) in [5.41, 5.74) is 5.87. The molecule has 0 aliphatic carbocycles. The topological polar surface area (TPSA) is 105 Å². The number of fused-ring (bicyclic) bond motifs is 2. The van der Waals surface area contributed by atoms with Crippen LogP contribution in [0, 0.1) is 13.8 Å². The van der Waals surface area contributed by atoms with Crippen LogP contribution in [0.4, 0.5) is 18.9 Å². The number of H-pyrrole nitrogens is 1. The molecule has 1 fully saturated rings. The van der Waals surface area contributed by atoms with Gasteiger partial charge in [0, 0.05) is 30.2 Å². The molecule has 4 heterocycles. The number of nitrogens with zero attached hydrogens (tertiary/aromatic N) is 5. The van der Waals surface area contributed by atoms with Gasteiger partial charge < -0.3 is 15.6 Å². The lowest BCUT2D eigenvalue weighted by molar-refractivity contribution is -0.136. The number of nitrogen functional groups attached to an aromatic ring is 1. The number of aryl methyl sites for hydroxylation is 2. The van der Waals surface area contributed by atoms with Gasteiger partial charge in [0.15, 0.2) is 0 Å². The number of aromatic nitrogens is 5. The lowest BCUT2D eigenvalue weighted by Gasteiger charge is -2.11. The van der Waals surface area contributed by atoms with Crippen molar-refractivity contribution in [2.24, 2.45) is 0 Å². The number of benzene rings is 1. The molecule has 0 amide bonds. The summed E-state index contributed by atoms with van der Waals surface area (Å²) in [7, 11) is 2.17. The molecule has 0 spiro atoms. The van der Waals surface area contributed by atoms with Gasteiger partial charge in [0.25, 0.3) is 5.56 Å². The predicted molar refractivity (Wildman–Crippen MR) is 124 cm³/mol. The molecule has 1 aliphatic heterocycles. The van der Waals surface area contributed by atoms with Crippen molar-refractivity contribution in [1.29, 1.82) is 0 Å². The Kier molecular flexibility index (Phi) is 6.30. The fourth-order valence-electron chi connectivity index (χ4n) is 3.86. The fraction of sp³-hybridized carbons (Fsp3) is 0.391. The van der Waals surface area contributed by atoms with Gasteiger partial charge in [-0.2, -0.15) is 13.2 Å². The maximum absolute atomic E-state index is 13.0. The first kappa shape index (κ1) is 23.7. The van der Waals surface area contributed by atoms with Crippen LogP contribution in [0.25, 0.3) is 16.7 Å². The number of hydrogen-bond donors (Lipinski definition) is 2. The number of rotatable bonds is 2. The summed E-state index contributed by atoms with van der Waals surface area (Å²) in [4.78, 5) is 30.2. The molecule has 0 bridgehead atoms. The molecule has 8 nitrogen and oxygen atoms in total. The van der Waals surface area contributed by atoms with E-state index in [0.29, 0.717) is 11.5 Å². The first-order chi connectivity index (χ1) is 16.0. The van der Waals surface area contributed by atoms with Crippen LogP contribution in [-0.4, -0.2) is 49.4 Å². The highest BCUT2D eigenvalue weighted by molar-refractivity contribution is 5.83. The third-order valence-electron chi connectivity index (χ3n) is 5.84. The van der Waals surface area contributed by atoms with E-state index < -0.39 is 23.0 Å². The summed E-state index contributed by atoms with van der Waals surface area (Å²) < 4.78 is 40.8. The number of hydrogen-bond acceptors (Lipinski definition) is 6. The Morgan fingerprint density at radius 3 is 2.41 bits per heavy atom. The maximum atomic E-state index is 13.0.